The molecule has 0 fully saturated rings. The molecule has 4 rings (SSSR count). The molecule has 0 bridgehead atoms. The summed E-state index contributed by atoms with van der Waals surface area (Å²) in [6.45, 7) is 0.446. The normalized spacial score (nSPS) is 16.3. The van der Waals surface area contributed by atoms with E-state index in [4.69, 9.17) is 0 Å². The molecule has 8 nitrogen and oxygen atoms in total. The van der Waals surface area contributed by atoms with Gasteiger partial charge in [-0.1, -0.05) is 12.1 Å². The number of nitro groups is 1. The Morgan fingerprint density at radius 1 is 1.15 bits per heavy atom. The van der Waals surface area contributed by atoms with Gasteiger partial charge in [-0.3, -0.25) is 10.1 Å². The number of aliphatic hydroxyl groups is 1. The smallest absolute Gasteiger partial charge is 0.269 e. The van der Waals surface area contributed by atoms with Crippen molar-refractivity contribution >= 4 is 33.5 Å². The first kappa shape index (κ1) is 16.9. The molecule has 0 spiro atoms. The number of β-amino-alcohol motifs (C(OH)–C–C–N with tert-alkyl or cyclic N) is 1. The third kappa shape index (κ3) is 3.18. The topological polar surface area (TPSA) is 120 Å². The van der Waals surface area contributed by atoms with Crippen LogP contribution in [0.25, 0.3) is 10.8 Å². The number of nitrogens with zero attached hydrogens (tertiary/aromatic N) is 3. The van der Waals surface area contributed by atoms with Gasteiger partial charge >= 0.3 is 0 Å². The van der Waals surface area contributed by atoms with Gasteiger partial charge in [0.1, 0.15) is 5.75 Å². The van der Waals surface area contributed by atoms with Gasteiger partial charge in [-0.15, -0.1) is 5.11 Å². The SMILES string of the molecule is O=[N+]([O-])c1ccc(N=Nc2cc3c(c4cccc(O)c24)NC[C@H](O)C3)cc1. The van der Waals surface area contributed by atoms with Crippen molar-refractivity contribution in [2.45, 2.75) is 12.5 Å². The summed E-state index contributed by atoms with van der Waals surface area (Å²) in [6, 6.07) is 12.7. The number of hydrogen-bond acceptors (Lipinski definition) is 7. The summed E-state index contributed by atoms with van der Waals surface area (Å²) in [5, 5.41) is 44.0. The number of nitro benzene ring substituents is 1. The molecular weight excluding hydrogens is 348 g/mol. The predicted molar refractivity (Wildman–Crippen MR) is 101 cm³/mol. The number of hydrogen-bond donors (Lipinski definition) is 3. The molecule has 0 radical (unpaired) electrons. The molecule has 0 saturated heterocycles. The second-order valence-corrected chi connectivity index (χ2v) is 6.34. The van der Waals surface area contributed by atoms with E-state index in [1.165, 1.54) is 24.3 Å². The first-order chi connectivity index (χ1) is 13.0. The summed E-state index contributed by atoms with van der Waals surface area (Å²) < 4.78 is 0. The highest BCUT2D eigenvalue weighted by Gasteiger charge is 2.21. The molecular formula is C19H16N4O4. The lowest BCUT2D eigenvalue weighted by molar-refractivity contribution is -0.384. The minimum absolute atomic E-state index is 0.0223. The lowest BCUT2D eigenvalue weighted by Crippen LogP contribution is -2.27. The van der Waals surface area contributed by atoms with Gasteiger partial charge in [0.05, 0.1) is 27.8 Å². The zero-order valence-corrected chi connectivity index (χ0v) is 14.2. The molecule has 0 saturated carbocycles. The van der Waals surface area contributed by atoms with Crippen LogP contribution >= 0.6 is 0 Å². The number of azo groups is 1. The summed E-state index contributed by atoms with van der Waals surface area (Å²) >= 11 is 0. The maximum atomic E-state index is 10.7. The number of fused-ring (bicyclic) bond motifs is 3. The second kappa shape index (κ2) is 6.65. The van der Waals surface area contributed by atoms with Crippen molar-refractivity contribution < 1.29 is 15.1 Å². The van der Waals surface area contributed by atoms with Gasteiger partial charge in [0.15, 0.2) is 0 Å². The fourth-order valence-electron chi connectivity index (χ4n) is 3.25. The van der Waals surface area contributed by atoms with Gasteiger partial charge in [0.2, 0.25) is 0 Å². The van der Waals surface area contributed by atoms with Crippen molar-refractivity contribution in [3.63, 3.8) is 0 Å². The number of nitrogens with one attached hydrogen (secondary N) is 1. The summed E-state index contributed by atoms with van der Waals surface area (Å²) in [7, 11) is 0. The first-order valence-corrected chi connectivity index (χ1v) is 8.38. The molecule has 1 aliphatic heterocycles. The standard InChI is InChI=1S/C19H16N4O4/c24-14-8-11-9-16(22-21-12-4-6-13(7-5-12)23(26)27)18-15(19(11)20-10-14)2-1-3-17(18)25/h1-7,9,14,20,24-25H,8,10H2/t14-/m1/s1. The van der Waals surface area contributed by atoms with Gasteiger partial charge < -0.3 is 15.5 Å². The van der Waals surface area contributed by atoms with Crippen LogP contribution in [0.5, 0.6) is 5.75 Å². The van der Waals surface area contributed by atoms with E-state index in [0.29, 0.717) is 29.7 Å². The Labute approximate surface area is 153 Å². The number of aromatic hydroxyl groups is 1. The van der Waals surface area contributed by atoms with Gasteiger partial charge in [-0.25, -0.2) is 0 Å². The molecule has 1 aliphatic rings. The van der Waals surface area contributed by atoms with E-state index < -0.39 is 11.0 Å². The van der Waals surface area contributed by atoms with E-state index in [9.17, 15) is 20.3 Å². The molecule has 1 heterocycles. The number of phenolic OH excluding ortho intramolecular Hbond substituents is 1. The number of aliphatic hydroxyl groups excluding tert-OH is 1. The van der Waals surface area contributed by atoms with Gasteiger partial charge in [-0.2, -0.15) is 5.11 Å². The molecule has 3 aromatic carbocycles. The maximum Gasteiger partial charge on any atom is 0.269 e. The van der Waals surface area contributed by atoms with Crippen LogP contribution < -0.4 is 5.32 Å². The zero-order chi connectivity index (χ0) is 19.0. The van der Waals surface area contributed by atoms with Crippen LogP contribution in [0, 0.1) is 10.1 Å². The van der Waals surface area contributed by atoms with Crippen molar-refractivity contribution in [1.29, 1.82) is 0 Å². The van der Waals surface area contributed by atoms with Crippen LogP contribution in [-0.4, -0.2) is 27.8 Å². The fraction of sp³-hybridized carbons (Fsp3) is 0.158. The molecule has 3 N–H and O–H groups in total. The Morgan fingerprint density at radius 3 is 2.67 bits per heavy atom. The Bertz CT molecular complexity index is 1060. The maximum absolute atomic E-state index is 10.7. The van der Waals surface area contributed by atoms with Crippen LogP contribution in [-0.2, 0) is 6.42 Å². The van der Waals surface area contributed by atoms with Crippen LogP contribution in [0.15, 0.2) is 58.8 Å². The van der Waals surface area contributed by atoms with Crippen molar-refractivity contribution in [3.05, 3.63) is 64.2 Å². The van der Waals surface area contributed by atoms with Crippen molar-refractivity contribution in [3.8, 4) is 5.75 Å². The highest BCUT2D eigenvalue weighted by atomic mass is 16.6. The second-order valence-electron chi connectivity index (χ2n) is 6.34. The lowest BCUT2D eigenvalue weighted by Gasteiger charge is -2.24. The number of benzene rings is 3. The lowest BCUT2D eigenvalue weighted by atomic mass is 9.95. The van der Waals surface area contributed by atoms with Gasteiger partial charge in [-0.05, 0) is 29.8 Å². The van der Waals surface area contributed by atoms with Gasteiger partial charge in [0, 0.05) is 36.2 Å². The highest BCUT2D eigenvalue weighted by molar-refractivity contribution is 6.05. The highest BCUT2D eigenvalue weighted by Crippen LogP contribution is 2.42. The van der Waals surface area contributed by atoms with Crippen LogP contribution in [0.4, 0.5) is 22.7 Å². The van der Waals surface area contributed by atoms with Crippen LogP contribution in [0.3, 0.4) is 0 Å². The average Bonchev–Trinajstić information content (AvgIpc) is 2.66. The van der Waals surface area contributed by atoms with Gasteiger partial charge in [0.25, 0.3) is 5.69 Å². The van der Waals surface area contributed by atoms with E-state index in [-0.39, 0.29) is 11.4 Å². The Hall–Kier alpha value is -3.52. The minimum Gasteiger partial charge on any atom is -0.507 e. The molecule has 0 aliphatic carbocycles. The van der Waals surface area contributed by atoms with E-state index >= 15 is 0 Å². The molecule has 8 heteroatoms. The third-order valence-electron chi connectivity index (χ3n) is 4.50. The molecule has 3 aromatic rings. The molecule has 0 aromatic heterocycles. The van der Waals surface area contributed by atoms with E-state index in [1.807, 2.05) is 6.07 Å². The summed E-state index contributed by atoms with van der Waals surface area (Å²) in [5.41, 5.74) is 2.67. The Balaban J connectivity index is 1.80. The van der Waals surface area contributed by atoms with Crippen molar-refractivity contribution in [2.24, 2.45) is 10.2 Å². The van der Waals surface area contributed by atoms with Crippen molar-refractivity contribution in [2.75, 3.05) is 11.9 Å². The summed E-state index contributed by atoms with van der Waals surface area (Å²) in [5.74, 6) is 0.0841. The monoisotopic (exact) mass is 364 g/mol. The first-order valence-electron chi connectivity index (χ1n) is 8.38. The zero-order valence-electron chi connectivity index (χ0n) is 14.2. The van der Waals surface area contributed by atoms with E-state index in [0.717, 1.165) is 16.6 Å². The molecule has 1 atom stereocenters. The fourth-order valence-corrected chi connectivity index (χ4v) is 3.25. The van der Waals surface area contributed by atoms with Crippen LogP contribution in [0.1, 0.15) is 5.56 Å². The number of phenols is 1. The quantitative estimate of drug-likeness (QED) is 0.365. The number of anilines is 1. The molecule has 0 unspecified atom stereocenters. The molecule has 27 heavy (non-hydrogen) atoms. The number of rotatable bonds is 3. The third-order valence-corrected chi connectivity index (χ3v) is 4.50. The Morgan fingerprint density at radius 2 is 1.93 bits per heavy atom. The number of non-ortho nitro benzene ring substituents is 1. The minimum atomic E-state index is -0.494. The van der Waals surface area contributed by atoms with Crippen LogP contribution in [0.2, 0.25) is 0 Å². The predicted octanol–water partition coefficient (Wildman–Crippen LogP) is 4.20. The Kier molecular flexibility index (Phi) is 4.17. The summed E-state index contributed by atoms with van der Waals surface area (Å²) in [4.78, 5) is 10.3. The largest absolute Gasteiger partial charge is 0.507 e. The average molecular weight is 364 g/mol. The van der Waals surface area contributed by atoms with E-state index in [1.54, 1.807) is 18.2 Å². The molecule has 136 valence electrons. The summed E-state index contributed by atoms with van der Waals surface area (Å²) in [6.07, 6.45) is -0.0136. The van der Waals surface area contributed by atoms with E-state index in [2.05, 4.69) is 15.5 Å². The molecule has 0 amide bonds. The van der Waals surface area contributed by atoms with Crippen molar-refractivity contribution in [1.82, 2.24) is 0 Å².